The zero-order valence-corrected chi connectivity index (χ0v) is 20.1. The first-order valence-electron chi connectivity index (χ1n) is 11.5. The summed E-state index contributed by atoms with van der Waals surface area (Å²) in [4.78, 5) is 20.7. The van der Waals surface area contributed by atoms with Crippen molar-refractivity contribution in [1.29, 1.82) is 0 Å². The number of carbonyl (C=O) groups is 1. The first-order chi connectivity index (χ1) is 15.7. The van der Waals surface area contributed by atoms with Gasteiger partial charge in [-0.05, 0) is 76.2 Å². The molecule has 3 heterocycles. The number of carboxylic acids is 1. The molecule has 0 saturated carbocycles. The molecule has 0 aliphatic carbocycles. The summed E-state index contributed by atoms with van der Waals surface area (Å²) >= 11 is 0. The molecule has 9 heteroatoms. The van der Waals surface area contributed by atoms with E-state index in [9.17, 15) is 18.3 Å². The molecule has 0 bridgehead atoms. The maximum Gasteiger partial charge on any atom is 0.337 e. The van der Waals surface area contributed by atoms with E-state index in [4.69, 9.17) is 0 Å². The molecule has 1 aromatic carbocycles. The SMILES string of the molecule is Cc1ccc(S(=O)(=O)Nc2cc(C(=O)O)cnc2N2CCCC(CN3CCCC3)C2)c(C)c1. The largest absolute Gasteiger partial charge is 0.478 e. The van der Waals surface area contributed by atoms with E-state index in [0.717, 1.165) is 51.1 Å². The first kappa shape index (κ1) is 23.5. The highest BCUT2D eigenvalue weighted by molar-refractivity contribution is 7.92. The number of piperidine rings is 1. The molecule has 33 heavy (non-hydrogen) atoms. The summed E-state index contributed by atoms with van der Waals surface area (Å²) in [6, 6.07) is 6.51. The fourth-order valence-electron chi connectivity index (χ4n) is 4.94. The van der Waals surface area contributed by atoms with Crippen LogP contribution in [0.15, 0.2) is 35.4 Å². The Morgan fingerprint density at radius 1 is 1.15 bits per heavy atom. The molecule has 178 valence electrons. The van der Waals surface area contributed by atoms with Gasteiger partial charge < -0.3 is 14.9 Å². The lowest BCUT2D eigenvalue weighted by molar-refractivity contribution is 0.0696. The van der Waals surface area contributed by atoms with Gasteiger partial charge in [-0.1, -0.05) is 17.7 Å². The van der Waals surface area contributed by atoms with Crippen LogP contribution in [0.5, 0.6) is 0 Å². The van der Waals surface area contributed by atoms with Gasteiger partial charge in [0, 0.05) is 25.8 Å². The Morgan fingerprint density at radius 3 is 2.61 bits per heavy atom. The van der Waals surface area contributed by atoms with Crippen LogP contribution in [0.25, 0.3) is 0 Å². The van der Waals surface area contributed by atoms with E-state index in [1.807, 2.05) is 13.0 Å². The van der Waals surface area contributed by atoms with Crippen LogP contribution in [0.4, 0.5) is 11.5 Å². The second kappa shape index (κ2) is 9.69. The van der Waals surface area contributed by atoms with Crippen molar-refractivity contribution < 1.29 is 18.3 Å². The van der Waals surface area contributed by atoms with Crippen molar-refractivity contribution in [2.24, 2.45) is 5.92 Å². The van der Waals surface area contributed by atoms with Crippen molar-refractivity contribution in [3.8, 4) is 0 Å². The molecule has 0 spiro atoms. The number of nitrogens with zero attached hydrogens (tertiary/aromatic N) is 3. The van der Waals surface area contributed by atoms with Crippen molar-refractivity contribution in [3.05, 3.63) is 47.2 Å². The van der Waals surface area contributed by atoms with Gasteiger partial charge in [0.05, 0.1) is 16.1 Å². The van der Waals surface area contributed by atoms with Crippen LogP contribution in [0.1, 0.15) is 47.2 Å². The second-order valence-corrected chi connectivity index (χ2v) is 10.9. The highest BCUT2D eigenvalue weighted by Gasteiger charge is 2.28. The molecule has 0 amide bonds. The Labute approximate surface area is 195 Å². The summed E-state index contributed by atoms with van der Waals surface area (Å²) in [7, 11) is -3.91. The lowest BCUT2D eigenvalue weighted by atomic mass is 9.97. The Balaban J connectivity index is 1.62. The van der Waals surface area contributed by atoms with Crippen molar-refractivity contribution in [2.45, 2.75) is 44.4 Å². The zero-order valence-electron chi connectivity index (χ0n) is 19.2. The molecule has 2 aromatic rings. The molecule has 1 aromatic heterocycles. The predicted octanol–water partition coefficient (Wildman–Crippen LogP) is 3.51. The van der Waals surface area contributed by atoms with Gasteiger partial charge in [0.1, 0.15) is 0 Å². The van der Waals surface area contributed by atoms with Crippen molar-refractivity contribution >= 4 is 27.5 Å². The quantitative estimate of drug-likeness (QED) is 0.636. The van der Waals surface area contributed by atoms with E-state index in [2.05, 4.69) is 19.5 Å². The summed E-state index contributed by atoms with van der Waals surface area (Å²) in [5.74, 6) is -0.187. The minimum atomic E-state index is -3.91. The van der Waals surface area contributed by atoms with E-state index in [-0.39, 0.29) is 16.1 Å². The van der Waals surface area contributed by atoms with Crippen molar-refractivity contribution in [1.82, 2.24) is 9.88 Å². The van der Waals surface area contributed by atoms with Gasteiger partial charge in [-0.2, -0.15) is 0 Å². The summed E-state index contributed by atoms with van der Waals surface area (Å²) in [5, 5.41) is 9.47. The summed E-state index contributed by atoms with van der Waals surface area (Å²) in [6.07, 6.45) is 5.92. The van der Waals surface area contributed by atoms with Gasteiger partial charge >= 0.3 is 5.97 Å². The van der Waals surface area contributed by atoms with Crippen molar-refractivity contribution in [3.63, 3.8) is 0 Å². The number of aryl methyl sites for hydroxylation is 2. The summed E-state index contributed by atoms with van der Waals surface area (Å²) < 4.78 is 29.1. The highest BCUT2D eigenvalue weighted by atomic mass is 32.2. The third-order valence-electron chi connectivity index (χ3n) is 6.51. The first-order valence-corrected chi connectivity index (χ1v) is 13.0. The lowest BCUT2D eigenvalue weighted by Crippen LogP contribution is -2.41. The Kier molecular flexibility index (Phi) is 6.90. The maximum atomic E-state index is 13.2. The molecule has 2 aliphatic rings. The number of anilines is 2. The standard InChI is InChI=1S/C24H32N4O4S/c1-17-7-8-22(18(2)12-17)33(31,32)26-21-13-20(24(29)30)14-25-23(21)28-11-5-6-19(16-28)15-27-9-3-4-10-27/h7-8,12-14,19,26H,3-6,9-11,15-16H2,1-2H3,(H,29,30). The predicted molar refractivity (Wildman–Crippen MR) is 129 cm³/mol. The fourth-order valence-corrected chi connectivity index (χ4v) is 6.22. The molecule has 8 nitrogen and oxygen atoms in total. The molecule has 2 aliphatic heterocycles. The number of aromatic carboxylic acids is 1. The summed E-state index contributed by atoms with van der Waals surface area (Å²) in [6.45, 7) is 8.51. The van der Waals surface area contributed by atoms with Crippen LogP contribution in [-0.2, 0) is 10.0 Å². The van der Waals surface area contributed by atoms with Crippen LogP contribution in [0.2, 0.25) is 0 Å². The van der Waals surface area contributed by atoms with Gasteiger partial charge in [-0.15, -0.1) is 0 Å². The van der Waals surface area contributed by atoms with Gasteiger partial charge in [-0.3, -0.25) is 4.72 Å². The van der Waals surface area contributed by atoms with E-state index in [1.54, 1.807) is 19.1 Å². The molecule has 2 N–H and O–H groups in total. The Bertz CT molecular complexity index is 1130. The number of aromatic nitrogens is 1. The third-order valence-corrected chi connectivity index (χ3v) is 8.04. The lowest BCUT2D eigenvalue weighted by Gasteiger charge is -2.36. The van der Waals surface area contributed by atoms with Gasteiger partial charge in [0.15, 0.2) is 5.82 Å². The number of hydrogen-bond acceptors (Lipinski definition) is 6. The smallest absolute Gasteiger partial charge is 0.337 e. The summed E-state index contributed by atoms with van der Waals surface area (Å²) in [5.41, 5.74) is 1.76. The van der Waals surface area contributed by atoms with Gasteiger partial charge in [0.25, 0.3) is 10.0 Å². The van der Waals surface area contributed by atoms with E-state index in [0.29, 0.717) is 17.3 Å². The van der Waals surface area contributed by atoms with E-state index >= 15 is 0 Å². The van der Waals surface area contributed by atoms with E-state index < -0.39 is 16.0 Å². The maximum absolute atomic E-state index is 13.2. The number of rotatable bonds is 7. The Hall–Kier alpha value is -2.65. The number of nitrogens with one attached hydrogen (secondary N) is 1. The molecule has 1 unspecified atom stereocenters. The fraction of sp³-hybridized carbons (Fsp3) is 0.500. The molecule has 0 radical (unpaired) electrons. The number of hydrogen-bond donors (Lipinski definition) is 2. The molecular formula is C24H32N4O4S. The van der Waals surface area contributed by atoms with E-state index in [1.165, 1.54) is 25.1 Å². The molecular weight excluding hydrogens is 440 g/mol. The average Bonchev–Trinajstić information content (AvgIpc) is 3.26. The number of benzene rings is 1. The van der Waals surface area contributed by atoms with Crippen LogP contribution in [0.3, 0.4) is 0 Å². The van der Waals surface area contributed by atoms with Crippen LogP contribution < -0.4 is 9.62 Å². The second-order valence-electron chi connectivity index (χ2n) is 9.24. The normalized spacial score (nSPS) is 19.6. The van der Waals surface area contributed by atoms with Crippen LogP contribution >= 0.6 is 0 Å². The highest BCUT2D eigenvalue weighted by Crippen LogP contribution is 2.32. The van der Waals surface area contributed by atoms with Crippen LogP contribution in [0, 0.1) is 19.8 Å². The number of likely N-dealkylation sites (tertiary alicyclic amines) is 1. The van der Waals surface area contributed by atoms with Gasteiger partial charge in [0.2, 0.25) is 0 Å². The molecule has 4 rings (SSSR count). The van der Waals surface area contributed by atoms with Crippen LogP contribution in [-0.4, -0.2) is 62.1 Å². The minimum absolute atomic E-state index is 0.0531. The van der Waals surface area contributed by atoms with Gasteiger partial charge in [-0.25, -0.2) is 18.2 Å². The average molecular weight is 473 g/mol. The number of carboxylic acid groups (broad SMARTS) is 1. The zero-order chi connectivity index (χ0) is 23.6. The Morgan fingerprint density at radius 2 is 1.91 bits per heavy atom. The molecule has 2 saturated heterocycles. The van der Waals surface area contributed by atoms with Crippen molar-refractivity contribution in [2.75, 3.05) is 42.3 Å². The number of sulfonamides is 1. The number of pyridine rings is 1. The monoisotopic (exact) mass is 472 g/mol. The molecule has 1 atom stereocenters. The minimum Gasteiger partial charge on any atom is -0.478 e. The molecule has 2 fully saturated rings. The third kappa shape index (κ3) is 5.47. The topological polar surface area (TPSA) is 103 Å².